The summed E-state index contributed by atoms with van der Waals surface area (Å²) in [7, 11) is 1.49. The van der Waals surface area contributed by atoms with Crippen LogP contribution in [0.15, 0.2) is 0 Å². The normalized spacial score (nSPS) is 25.4. The molecule has 1 saturated heterocycles. The molecule has 6 N–H and O–H groups in total. The molecule has 1 rings (SSSR count). The number of likely N-dealkylation sites (N-methyl/N-ethyl adjacent to an activating group) is 1. The molecule has 0 radical (unpaired) electrons. The van der Waals surface area contributed by atoms with Gasteiger partial charge in [-0.3, -0.25) is 14.4 Å². The maximum Gasteiger partial charge on any atom is 0.252 e. The quantitative estimate of drug-likeness (QED) is 0.161. The van der Waals surface area contributed by atoms with Crippen LogP contribution >= 0.6 is 0 Å². The zero-order chi connectivity index (χ0) is 25.5. The molecule has 1 aliphatic heterocycles. The Bertz CT molecular complexity index is 621. The molecule has 1 fully saturated rings. The summed E-state index contributed by atoms with van der Waals surface area (Å²) < 4.78 is 11.0. The highest BCUT2D eigenvalue weighted by Crippen LogP contribution is 2.23. The first kappa shape index (κ1) is 30.2. The van der Waals surface area contributed by atoms with Crippen LogP contribution in [0, 0.1) is 0 Å². The lowest BCUT2D eigenvalue weighted by Crippen LogP contribution is -2.62. The number of hydrogen-bond acceptors (Lipinski definition) is 8. The largest absolute Gasteiger partial charge is 0.387 e. The first-order chi connectivity index (χ1) is 16.2. The third kappa shape index (κ3) is 10.6. The number of unbranched alkanes of at least 4 members (excludes halogenated alkanes) is 6. The molecule has 0 saturated carbocycles. The summed E-state index contributed by atoms with van der Waals surface area (Å²) in [6, 6.07) is -0.650. The van der Waals surface area contributed by atoms with E-state index < -0.39 is 42.7 Å². The molecule has 0 bridgehead atoms. The molecule has 0 spiro atoms. The Morgan fingerprint density at radius 2 is 1.62 bits per heavy atom. The van der Waals surface area contributed by atoms with Gasteiger partial charge in [-0.2, -0.15) is 0 Å². The molecule has 11 nitrogen and oxygen atoms in total. The van der Waals surface area contributed by atoms with Crippen molar-refractivity contribution in [1.82, 2.24) is 16.0 Å². The van der Waals surface area contributed by atoms with Crippen LogP contribution in [-0.4, -0.2) is 90.0 Å². The second-order valence-electron chi connectivity index (χ2n) is 8.69. The molecule has 6 atom stereocenters. The van der Waals surface area contributed by atoms with Crippen LogP contribution < -0.4 is 16.0 Å². The van der Waals surface area contributed by atoms with E-state index in [4.69, 9.17) is 9.47 Å². The van der Waals surface area contributed by atoms with E-state index in [1.54, 1.807) is 0 Å². The van der Waals surface area contributed by atoms with Crippen LogP contribution in [0.5, 0.6) is 0 Å². The zero-order valence-electron chi connectivity index (χ0n) is 20.6. The van der Waals surface area contributed by atoms with Crippen LogP contribution in [-0.2, 0) is 23.9 Å². The fraction of sp³-hybridized carbons (Fsp3) is 0.870. The first-order valence-electron chi connectivity index (χ1n) is 12.3. The molecule has 0 aromatic carbocycles. The van der Waals surface area contributed by atoms with E-state index in [1.165, 1.54) is 20.4 Å². The van der Waals surface area contributed by atoms with Crippen LogP contribution in [0.3, 0.4) is 0 Å². The molecule has 0 aliphatic carbocycles. The van der Waals surface area contributed by atoms with Crippen molar-refractivity contribution in [3.05, 3.63) is 0 Å². The van der Waals surface area contributed by atoms with E-state index in [0.717, 1.165) is 32.1 Å². The standard InChI is InChI=1S/C23H43N3O8/c1-4-5-6-7-8-11-14-33-23-19(30)17(28)18(29)20(34-23)22(32)25-13-10-9-12-16(21(31)24-3)26-15(2)27/h16-20,23,28-30H,4-14H2,1-3H3,(H,24,31)(H,25,32)(H,26,27)/t16?,17-,18-,19?,20?,23+/m0/s1. The van der Waals surface area contributed by atoms with Crippen molar-refractivity contribution >= 4 is 17.7 Å². The molecular weight excluding hydrogens is 446 g/mol. The highest BCUT2D eigenvalue weighted by atomic mass is 16.7. The van der Waals surface area contributed by atoms with Gasteiger partial charge in [0, 0.05) is 27.1 Å². The van der Waals surface area contributed by atoms with Gasteiger partial charge in [-0.1, -0.05) is 39.0 Å². The Balaban J connectivity index is 2.42. The van der Waals surface area contributed by atoms with Crippen molar-refractivity contribution in [3.63, 3.8) is 0 Å². The topological polar surface area (TPSA) is 166 Å². The number of carbonyl (C=O) groups excluding carboxylic acids is 3. The molecule has 1 aliphatic rings. The first-order valence-corrected chi connectivity index (χ1v) is 12.3. The predicted molar refractivity (Wildman–Crippen MR) is 125 cm³/mol. The van der Waals surface area contributed by atoms with Gasteiger partial charge in [0.05, 0.1) is 0 Å². The number of rotatable bonds is 16. The van der Waals surface area contributed by atoms with E-state index in [9.17, 15) is 29.7 Å². The van der Waals surface area contributed by atoms with Gasteiger partial charge < -0.3 is 40.7 Å². The lowest BCUT2D eigenvalue weighted by atomic mass is 9.98. The lowest BCUT2D eigenvalue weighted by molar-refractivity contribution is -0.290. The molecule has 34 heavy (non-hydrogen) atoms. The maximum atomic E-state index is 12.5. The number of nitrogens with one attached hydrogen (secondary N) is 3. The predicted octanol–water partition coefficient (Wildman–Crippen LogP) is -0.292. The van der Waals surface area contributed by atoms with Crippen LogP contribution in [0.2, 0.25) is 0 Å². The van der Waals surface area contributed by atoms with E-state index in [-0.39, 0.29) is 18.4 Å². The minimum atomic E-state index is -1.60. The number of ether oxygens (including phenoxy) is 2. The minimum absolute atomic E-state index is 0.244. The summed E-state index contributed by atoms with van der Waals surface area (Å²) in [6.07, 6.45) is 0.578. The Morgan fingerprint density at radius 3 is 2.26 bits per heavy atom. The molecule has 0 aromatic rings. The number of aliphatic hydroxyl groups is 3. The maximum absolute atomic E-state index is 12.5. The molecule has 198 valence electrons. The Morgan fingerprint density at radius 1 is 0.941 bits per heavy atom. The second-order valence-corrected chi connectivity index (χ2v) is 8.69. The summed E-state index contributed by atoms with van der Waals surface area (Å²) in [4.78, 5) is 35.6. The van der Waals surface area contributed by atoms with Gasteiger partial charge in [0.15, 0.2) is 12.4 Å². The molecule has 3 unspecified atom stereocenters. The molecule has 1 heterocycles. The van der Waals surface area contributed by atoms with E-state index in [1.807, 2.05) is 0 Å². The van der Waals surface area contributed by atoms with Crippen LogP contribution in [0.25, 0.3) is 0 Å². The monoisotopic (exact) mass is 489 g/mol. The smallest absolute Gasteiger partial charge is 0.252 e. The summed E-state index contributed by atoms with van der Waals surface area (Å²) in [5.74, 6) is -1.23. The summed E-state index contributed by atoms with van der Waals surface area (Å²) in [5.41, 5.74) is 0. The third-order valence-electron chi connectivity index (χ3n) is 5.77. The number of carbonyl (C=O) groups is 3. The van der Waals surface area contributed by atoms with Crippen molar-refractivity contribution in [2.24, 2.45) is 0 Å². The Labute approximate surface area is 202 Å². The van der Waals surface area contributed by atoms with Gasteiger partial charge in [-0.25, -0.2) is 0 Å². The van der Waals surface area contributed by atoms with Crippen molar-refractivity contribution < 1.29 is 39.2 Å². The highest BCUT2D eigenvalue weighted by Gasteiger charge is 2.47. The molecular formula is C23H43N3O8. The highest BCUT2D eigenvalue weighted by molar-refractivity contribution is 5.86. The van der Waals surface area contributed by atoms with E-state index in [2.05, 4.69) is 22.9 Å². The summed E-state index contributed by atoms with van der Waals surface area (Å²) >= 11 is 0. The second kappa shape index (κ2) is 16.8. The molecule has 11 heteroatoms. The average molecular weight is 490 g/mol. The van der Waals surface area contributed by atoms with Gasteiger partial charge in [-0.05, 0) is 25.7 Å². The third-order valence-corrected chi connectivity index (χ3v) is 5.77. The summed E-state index contributed by atoms with van der Waals surface area (Å²) in [5, 5.41) is 38.2. The molecule has 0 aromatic heterocycles. The molecule has 3 amide bonds. The van der Waals surface area contributed by atoms with Crippen LogP contribution in [0.1, 0.15) is 71.6 Å². The SMILES string of the molecule is CCCCCCCCO[C@@H]1OC(C(=O)NCCCCC(NC(C)=O)C(=O)NC)[C@@H](O)[C@H](O)C1O. The van der Waals surface area contributed by atoms with Gasteiger partial charge in [0.2, 0.25) is 11.8 Å². The fourth-order valence-corrected chi connectivity index (χ4v) is 3.76. The van der Waals surface area contributed by atoms with Gasteiger partial charge in [0.1, 0.15) is 24.4 Å². The van der Waals surface area contributed by atoms with Crippen molar-refractivity contribution in [2.45, 2.75) is 108 Å². The number of aliphatic hydroxyl groups excluding tert-OH is 3. The van der Waals surface area contributed by atoms with Crippen molar-refractivity contribution in [1.29, 1.82) is 0 Å². The summed E-state index contributed by atoms with van der Waals surface area (Å²) in [6.45, 7) is 4.04. The van der Waals surface area contributed by atoms with E-state index >= 15 is 0 Å². The Kier molecular flexibility index (Phi) is 14.9. The van der Waals surface area contributed by atoms with Gasteiger partial charge in [0.25, 0.3) is 5.91 Å². The zero-order valence-corrected chi connectivity index (χ0v) is 20.6. The fourth-order valence-electron chi connectivity index (χ4n) is 3.76. The number of hydrogen-bond donors (Lipinski definition) is 6. The van der Waals surface area contributed by atoms with Crippen LogP contribution in [0.4, 0.5) is 0 Å². The Hall–Kier alpha value is -1.79. The van der Waals surface area contributed by atoms with E-state index in [0.29, 0.717) is 25.9 Å². The minimum Gasteiger partial charge on any atom is -0.387 e. The van der Waals surface area contributed by atoms with Crippen molar-refractivity contribution in [2.75, 3.05) is 20.2 Å². The van der Waals surface area contributed by atoms with Gasteiger partial charge >= 0.3 is 0 Å². The van der Waals surface area contributed by atoms with Crippen molar-refractivity contribution in [3.8, 4) is 0 Å². The lowest BCUT2D eigenvalue weighted by Gasteiger charge is -2.39. The average Bonchev–Trinajstić information content (AvgIpc) is 2.81. The van der Waals surface area contributed by atoms with Gasteiger partial charge in [-0.15, -0.1) is 0 Å². The number of amides is 3.